The molecule has 0 saturated heterocycles. The van der Waals surface area contributed by atoms with Crippen LogP contribution < -0.4 is 10.2 Å². The Morgan fingerprint density at radius 1 is 1.14 bits per heavy atom. The lowest BCUT2D eigenvalue weighted by Crippen LogP contribution is -2.20. The summed E-state index contributed by atoms with van der Waals surface area (Å²) < 4.78 is 5.65. The minimum Gasteiger partial charge on any atom is -0.491 e. The Kier molecular flexibility index (Phi) is 7.12. The van der Waals surface area contributed by atoms with Crippen molar-refractivity contribution in [2.24, 2.45) is 11.0 Å². The molecule has 0 spiro atoms. The first-order valence-corrected chi connectivity index (χ1v) is 10.0. The Bertz CT molecular complexity index is 794. The molecule has 1 heterocycles. The highest BCUT2D eigenvalue weighted by Crippen LogP contribution is 2.22. The SMILES string of the molecule is CC(C)Oc1ccc(-c2cncc(C(=O)N/N=C/C3CCCCCC3)n2)cc1. The standard InChI is InChI=1S/C22H28N4O2/c1-16(2)28-19-11-9-18(10-12-19)20-14-23-15-21(25-20)22(27)26-24-13-17-7-5-3-4-6-8-17/h9-17H,3-8H2,1-2H3,(H,26,27)/b24-13+. The average molecular weight is 380 g/mol. The Labute approximate surface area is 166 Å². The molecule has 6 nitrogen and oxygen atoms in total. The van der Waals surface area contributed by atoms with Gasteiger partial charge in [0.2, 0.25) is 0 Å². The Morgan fingerprint density at radius 3 is 2.54 bits per heavy atom. The third-order valence-electron chi connectivity index (χ3n) is 4.74. The summed E-state index contributed by atoms with van der Waals surface area (Å²) in [5, 5.41) is 4.15. The van der Waals surface area contributed by atoms with E-state index < -0.39 is 0 Å². The number of ether oxygens (including phenoxy) is 1. The van der Waals surface area contributed by atoms with Crippen LogP contribution in [-0.4, -0.2) is 28.2 Å². The van der Waals surface area contributed by atoms with Gasteiger partial charge in [-0.3, -0.25) is 9.78 Å². The zero-order valence-electron chi connectivity index (χ0n) is 16.6. The number of amides is 1. The molecule has 28 heavy (non-hydrogen) atoms. The number of aromatic nitrogens is 2. The van der Waals surface area contributed by atoms with E-state index in [1.807, 2.05) is 44.3 Å². The van der Waals surface area contributed by atoms with Gasteiger partial charge >= 0.3 is 0 Å². The molecule has 0 aliphatic heterocycles. The maximum atomic E-state index is 12.4. The third-order valence-corrected chi connectivity index (χ3v) is 4.74. The third kappa shape index (κ3) is 5.87. The highest BCUT2D eigenvalue weighted by molar-refractivity contribution is 5.92. The van der Waals surface area contributed by atoms with Crippen LogP contribution in [0.1, 0.15) is 62.9 Å². The van der Waals surface area contributed by atoms with Crippen LogP contribution in [0.5, 0.6) is 5.75 Å². The van der Waals surface area contributed by atoms with Gasteiger partial charge in [-0.15, -0.1) is 0 Å². The van der Waals surface area contributed by atoms with Gasteiger partial charge in [-0.2, -0.15) is 5.10 Å². The van der Waals surface area contributed by atoms with E-state index >= 15 is 0 Å². The second-order valence-electron chi connectivity index (χ2n) is 7.45. The van der Waals surface area contributed by atoms with Crippen molar-refractivity contribution in [2.75, 3.05) is 0 Å². The van der Waals surface area contributed by atoms with Gasteiger partial charge in [0.15, 0.2) is 0 Å². The maximum Gasteiger partial charge on any atom is 0.291 e. The van der Waals surface area contributed by atoms with Crippen LogP contribution >= 0.6 is 0 Å². The molecule has 1 aromatic carbocycles. The molecule has 1 amide bonds. The number of hydrazone groups is 1. The van der Waals surface area contributed by atoms with Crippen LogP contribution in [0.25, 0.3) is 11.3 Å². The monoisotopic (exact) mass is 380 g/mol. The molecule has 1 fully saturated rings. The molecule has 148 valence electrons. The molecule has 3 rings (SSSR count). The van der Waals surface area contributed by atoms with Gasteiger partial charge in [0.1, 0.15) is 11.4 Å². The van der Waals surface area contributed by atoms with E-state index in [9.17, 15) is 4.79 Å². The maximum absolute atomic E-state index is 12.4. The van der Waals surface area contributed by atoms with Crippen molar-refractivity contribution < 1.29 is 9.53 Å². The second-order valence-corrected chi connectivity index (χ2v) is 7.45. The van der Waals surface area contributed by atoms with Crippen molar-refractivity contribution in [3.8, 4) is 17.0 Å². The molecule has 0 unspecified atom stereocenters. The number of carbonyl (C=O) groups excluding carboxylic acids is 1. The average Bonchev–Trinajstić information content (AvgIpc) is 2.97. The summed E-state index contributed by atoms with van der Waals surface area (Å²) in [5.74, 6) is 0.902. The summed E-state index contributed by atoms with van der Waals surface area (Å²) in [6.45, 7) is 3.97. The number of benzene rings is 1. The molecule has 0 radical (unpaired) electrons. The van der Waals surface area contributed by atoms with Crippen LogP contribution in [0, 0.1) is 5.92 Å². The molecule has 1 saturated carbocycles. The van der Waals surface area contributed by atoms with E-state index in [0.29, 0.717) is 11.6 Å². The first-order chi connectivity index (χ1) is 13.6. The largest absolute Gasteiger partial charge is 0.491 e. The van der Waals surface area contributed by atoms with Crippen LogP contribution in [-0.2, 0) is 0 Å². The summed E-state index contributed by atoms with van der Waals surface area (Å²) in [7, 11) is 0. The molecule has 1 aliphatic carbocycles. The normalized spacial score (nSPS) is 15.5. The van der Waals surface area contributed by atoms with Gasteiger partial charge < -0.3 is 4.74 Å². The lowest BCUT2D eigenvalue weighted by Gasteiger charge is -2.10. The fraction of sp³-hybridized carbons (Fsp3) is 0.455. The fourth-order valence-corrected chi connectivity index (χ4v) is 3.31. The molecular formula is C22H28N4O2. The van der Waals surface area contributed by atoms with Gasteiger partial charge in [-0.05, 0) is 56.9 Å². The Hall–Kier alpha value is -2.76. The summed E-state index contributed by atoms with van der Waals surface area (Å²) in [6.07, 6.45) is 12.4. The Morgan fingerprint density at radius 2 is 1.86 bits per heavy atom. The van der Waals surface area contributed by atoms with Crippen molar-refractivity contribution >= 4 is 12.1 Å². The van der Waals surface area contributed by atoms with Crippen LogP contribution in [0.3, 0.4) is 0 Å². The number of hydrogen-bond donors (Lipinski definition) is 1. The summed E-state index contributed by atoms with van der Waals surface area (Å²) in [6, 6.07) is 7.60. The highest BCUT2D eigenvalue weighted by Gasteiger charge is 2.12. The van der Waals surface area contributed by atoms with Crippen molar-refractivity contribution in [1.29, 1.82) is 0 Å². The second kappa shape index (κ2) is 9.97. The van der Waals surface area contributed by atoms with E-state index in [4.69, 9.17) is 4.74 Å². The van der Waals surface area contributed by atoms with E-state index in [1.165, 1.54) is 31.9 Å². The minimum absolute atomic E-state index is 0.121. The first-order valence-electron chi connectivity index (χ1n) is 10.0. The van der Waals surface area contributed by atoms with Crippen molar-refractivity contribution in [3.63, 3.8) is 0 Å². The predicted octanol–water partition coefficient (Wildman–Crippen LogP) is 4.62. The van der Waals surface area contributed by atoms with Gasteiger partial charge in [0, 0.05) is 11.8 Å². The lowest BCUT2D eigenvalue weighted by molar-refractivity contribution is 0.0949. The number of rotatable bonds is 6. The molecule has 1 aliphatic rings. The quantitative estimate of drug-likeness (QED) is 0.451. The van der Waals surface area contributed by atoms with E-state index in [1.54, 1.807) is 6.20 Å². The predicted molar refractivity (Wildman–Crippen MR) is 110 cm³/mol. The van der Waals surface area contributed by atoms with Crippen LogP contribution in [0.2, 0.25) is 0 Å². The molecular weight excluding hydrogens is 352 g/mol. The summed E-state index contributed by atoms with van der Waals surface area (Å²) in [5.41, 5.74) is 4.34. The van der Waals surface area contributed by atoms with Gasteiger partial charge in [-0.1, -0.05) is 25.7 Å². The van der Waals surface area contributed by atoms with Crippen LogP contribution in [0.4, 0.5) is 0 Å². The zero-order valence-corrected chi connectivity index (χ0v) is 16.6. The van der Waals surface area contributed by atoms with Crippen LogP contribution in [0.15, 0.2) is 41.8 Å². The van der Waals surface area contributed by atoms with E-state index in [2.05, 4.69) is 20.5 Å². The number of nitrogens with zero attached hydrogens (tertiary/aromatic N) is 3. The molecule has 0 bridgehead atoms. The van der Waals surface area contributed by atoms with Crippen molar-refractivity contribution in [2.45, 2.75) is 58.5 Å². The number of hydrogen-bond acceptors (Lipinski definition) is 5. The van der Waals surface area contributed by atoms with E-state index in [-0.39, 0.29) is 17.7 Å². The number of nitrogens with one attached hydrogen (secondary N) is 1. The van der Waals surface area contributed by atoms with Gasteiger partial charge in [0.25, 0.3) is 5.91 Å². The molecule has 6 heteroatoms. The number of carbonyl (C=O) groups is 1. The minimum atomic E-state index is -0.348. The molecule has 0 atom stereocenters. The fourth-order valence-electron chi connectivity index (χ4n) is 3.31. The van der Waals surface area contributed by atoms with Crippen molar-refractivity contribution in [1.82, 2.24) is 15.4 Å². The molecule has 1 aromatic heterocycles. The lowest BCUT2D eigenvalue weighted by atomic mass is 10.0. The highest BCUT2D eigenvalue weighted by atomic mass is 16.5. The zero-order chi connectivity index (χ0) is 19.8. The van der Waals surface area contributed by atoms with E-state index in [0.717, 1.165) is 24.2 Å². The van der Waals surface area contributed by atoms with Gasteiger partial charge in [0.05, 0.1) is 24.2 Å². The summed E-state index contributed by atoms with van der Waals surface area (Å²) in [4.78, 5) is 20.9. The molecule has 1 N–H and O–H groups in total. The topological polar surface area (TPSA) is 76.5 Å². The first kappa shape index (κ1) is 20.0. The van der Waals surface area contributed by atoms with Crippen molar-refractivity contribution in [3.05, 3.63) is 42.4 Å². The summed E-state index contributed by atoms with van der Waals surface area (Å²) >= 11 is 0. The smallest absolute Gasteiger partial charge is 0.291 e. The molecule has 2 aromatic rings. The Balaban J connectivity index is 1.62. The van der Waals surface area contributed by atoms with Gasteiger partial charge in [-0.25, -0.2) is 10.4 Å².